The van der Waals surface area contributed by atoms with Gasteiger partial charge in [0.15, 0.2) is 11.5 Å². The Balaban J connectivity index is 1.82. The first-order valence-corrected chi connectivity index (χ1v) is 6.70. The zero-order chi connectivity index (χ0) is 14.2. The van der Waals surface area contributed by atoms with Gasteiger partial charge in [0.2, 0.25) is 5.89 Å². The van der Waals surface area contributed by atoms with Gasteiger partial charge in [0.25, 0.3) is 0 Å². The molecule has 1 aromatic carbocycles. The second-order valence-electron chi connectivity index (χ2n) is 5.87. The van der Waals surface area contributed by atoms with E-state index in [9.17, 15) is 0 Å². The minimum Gasteiger partial charge on any atom is -0.453 e. The van der Waals surface area contributed by atoms with E-state index in [0.717, 1.165) is 11.0 Å². The van der Waals surface area contributed by atoms with Gasteiger partial charge in [-0.2, -0.15) is 0 Å². The summed E-state index contributed by atoms with van der Waals surface area (Å²) in [4.78, 5) is 4.28. The van der Waals surface area contributed by atoms with Crippen LogP contribution in [0.5, 0.6) is 0 Å². The topological polar surface area (TPSA) is 51.2 Å². The molecule has 20 heavy (non-hydrogen) atoms. The molecular formula is C16H18N2O2. The normalized spacial score (nSPS) is 12.2. The Kier molecular flexibility index (Phi) is 3.10. The zero-order valence-corrected chi connectivity index (χ0v) is 11.9. The fraction of sp³-hybridized carbons (Fsp3) is 0.312. The van der Waals surface area contributed by atoms with Crippen LogP contribution in [-0.4, -0.2) is 10.5 Å². The summed E-state index contributed by atoms with van der Waals surface area (Å²) < 4.78 is 11.5. The minimum absolute atomic E-state index is 0.0357. The van der Waals surface area contributed by atoms with Crippen molar-refractivity contribution in [2.75, 3.05) is 0 Å². The van der Waals surface area contributed by atoms with E-state index in [1.165, 1.54) is 0 Å². The lowest BCUT2D eigenvalue weighted by atomic mass is 10.1. The Morgan fingerprint density at radius 2 is 1.90 bits per heavy atom. The van der Waals surface area contributed by atoms with Crippen molar-refractivity contribution in [1.82, 2.24) is 10.3 Å². The van der Waals surface area contributed by atoms with E-state index in [2.05, 4.69) is 31.1 Å². The Bertz CT molecular complexity index is 686. The average Bonchev–Trinajstić information content (AvgIpc) is 3.01. The molecule has 4 nitrogen and oxygen atoms in total. The number of hydrogen-bond donors (Lipinski definition) is 1. The molecule has 3 aromatic rings. The molecule has 2 heterocycles. The van der Waals surface area contributed by atoms with E-state index < -0.39 is 0 Å². The van der Waals surface area contributed by atoms with Crippen molar-refractivity contribution in [2.45, 2.75) is 32.9 Å². The SMILES string of the molecule is CC(C)(C)NCc1ncc(-c2cc3ccccc3o2)o1. The van der Waals surface area contributed by atoms with Crippen LogP contribution in [0.2, 0.25) is 0 Å². The monoisotopic (exact) mass is 270 g/mol. The molecular weight excluding hydrogens is 252 g/mol. The minimum atomic E-state index is 0.0357. The van der Waals surface area contributed by atoms with Gasteiger partial charge in [0.05, 0.1) is 12.7 Å². The first-order chi connectivity index (χ1) is 9.51. The molecule has 2 aromatic heterocycles. The molecule has 0 saturated carbocycles. The molecule has 1 N–H and O–H groups in total. The number of hydrogen-bond acceptors (Lipinski definition) is 4. The number of rotatable bonds is 3. The highest BCUT2D eigenvalue weighted by atomic mass is 16.4. The van der Waals surface area contributed by atoms with E-state index in [4.69, 9.17) is 8.83 Å². The lowest BCUT2D eigenvalue weighted by Gasteiger charge is -2.18. The Labute approximate surface area is 117 Å². The summed E-state index contributed by atoms with van der Waals surface area (Å²) in [5.74, 6) is 2.03. The molecule has 0 saturated heterocycles. The Morgan fingerprint density at radius 1 is 1.10 bits per heavy atom. The predicted molar refractivity (Wildman–Crippen MR) is 78.3 cm³/mol. The van der Waals surface area contributed by atoms with E-state index in [1.54, 1.807) is 6.20 Å². The summed E-state index contributed by atoms with van der Waals surface area (Å²) in [5, 5.41) is 4.41. The van der Waals surface area contributed by atoms with Crippen LogP contribution in [0.1, 0.15) is 26.7 Å². The van der Waals surface area contributed by atoms with E-state index in [-0.39, 0.29) is 5.54 Å². The van der Waals surface area contributed by atoms with Gasteiger partial charge in [-0.25, -0.2) is 4.98 Å². The summed E-state index contributed by atoms with van der Waals surface area (Å²) in [6.07, 6.45) is 1.71. The molecule has 104 valence electrons. The van der Waals surface area contributed by atoms with Crippen LogP contribution in [0.3, 0.4) is 0 Å². The van der Waals surface area contributed by atoms with Gasteiger partial charge < -0.3 is 14.2 Å². The molecule has 0 aliphatic carbocycles. The zero-order valence-electron chi connectivity index (χ0n) is 11.9. The second-order valence-corrected chi connectivity index (χ2v) is 5.87. The van der Waals surface area contributed by atoms with Crippen molar-refractivity contribution in [1.29, 1.82) is 0 Å². The maximum absolute atomic E-state index is 5.76. The molecule has 0 spiro atoms. The number of aromatic nitrogens is 1. The van der Waals surface area contributed by atoms with E-state index >= 15 is 0 Å². The van der Waals surface area contributed by atoms with Crippen LogP contribution in [0.15, 0.2) is 45.4 Å². The van der Waals surface area contributed by atoms with Crippen molar-refractivity contribution in [3.05, 3.63) is 42.4 Å². The number of nitrogens with one attached hydrogen (secondary N) is 1. The maximum Gasteiger partial charge on any atom is 0.209 e. The third-order valence-electron chi connectivity index (χ3n) is 2.99. The maximum atomic E-state index is 5.76. The van der Waals surface area contributed by atoms with Gasteiger partial charge in [-0.1, -0.05) is 18.2 Å². The molecule has 3 rings (SSSR count). The largest absolute Gasteiger partial charge is 0.453 e. The summed E-state index contributed by atoms with van der Waals surface area (Å²) in [7, 11) is 0. The lowest BCUT2D eigenvalue weighted by molar-refractivity contribution is 0.382. The summed E-state index contributed by atoms with van der Waals surface area (Å²) in [6.45, 7) is 6.92. The van der Waals surface area contributed by atoms with Crippen LogP contribution in [0.25, 0.3) is 22.5 Å². The first-order valence-electron chi connectivity index (χ1n) is 6.70. The molecule has 0 fully saturated rings. The summed E-state index contributed by atoms with van der Waals surface area (Å²) in [5.41, 5.74) is 0.891. The van der Waals surface area contributed by atoms with Crippen molar-refractivity contribution in [3.8, 4) is 11.5 Å². The number of benzene rings is 1. The van der Waals surface area contributed by atoms with Crippen LogP contribution < -0.4 is 5.32 Å². The third-order valence-corrected chi connectivity index (χ3v) is 2.99. The van der Waals surface area contributed by atoms with Crippen molar-refractivity contribution in [3.63, 3.8) is 0 Å². The molecule has 4 heteroatoms. The highest BCUT2D eigenvalue weighted by Crippen LogP contribution is 2.28. The Hall–Kier alpha value is -2.07. The molecule has 0 atom stereocenters. The molecule has 0 aliphatic rings. The quantitative estimate of drug-likeness (QED) is 0.782. The smallest absolute Gasteiger partial charge is 0.209 e. The number of nitrogens with zero attached hydrogens (tertiary/aromatic N) is 1. The predicted octanol–water partition coefficient (Wildman–Crippen LogP) is 3.98. The molecule has 0 radical (unpaired) electrons. The van der Waals surface area contributed by atoms with Crippen molar-refractivity contribution in [2.24, 2.45) is 0 Å². The van der Waals surface area contributed by atoms with E-state index in [0.29, 0.717) is 24.0 Å². The van der Waals surface area contributed by atoms with Crippen molar-refractivity contribution >= 4 is 11.0 Å². The van der Waals surface area contributed by atoms with Gasteiger partial charge in [-0.15, -0.1) is 0 Å². The third kappa shape index (κ3) is 2.75. The van der Waals surface area contributed by atoms with Gasteiger partial charge in [-0.3, -0.25) is 0 Å². The standard InChI is InChI=1S/C16H18N2O2/c1-16(2,3)18-10-15-17-9-14(20-15)13-8-11-6-4-5-7-12(11)19-13/h4-9,18H,10H2,1-3H3. The number of fused-ring (bicyclic) bond motifs is 1. The van der Waals surface area contributed by atoms with Gasteiger partial charge in [-0.05, 0) is 32.9 Å². The lowest BCUT2D eigenvalue weighted by Crippen LogP contribution is -2.35. The van der Waals surface area contributed by atoms with Gasteiger partial charge in [0, 0.05) is 10.9 Å². The number of oxazole rings is 1. The van der Waals surface area contributed by atoms with Crippen LogP contribution in [0.4, 0.5) is 0 Å². The second kappa shape index (κ2) is 4.80. The molecule has 0 aliphatic heterocycles. The van der Waals surface area contributed by atoms with Gasteiger partial charge >= 0.3 is 0 Å². The van der Waals surface area contributed by atoms with Crippen LogP contribution >= 0.6 is 0 Å². The molecule has 0 amide bonds. The Morgan fingerprint density at radius 3 is 2.65 bits per heavy atom. The average molecular weight is 270 g/mol. The number of furan rings is 1. The van der Waals surface area contributed by atoms with Crippen molar-refractivity contribution < 1.29 is 8.83 Å². The highest BCUT2D eigenvalue weighted by molar-refractivity contribution is 5.81. The molecule has 0 unspecified atom stereocenters. The summed E-state index contributed by atoms with van der Waals surface area (Å²) in [6, 6.07) is 9.87. The van der Waals surface area contributed by atoms with Gasteiger partial charge in [0.1, 0.15) is 5.58 Å². The number of para-hydroxylation sites is 1. The highest BCUT2D eigenvalue weighted by Gasteiger charge is 2.14. The first kappa shape index (κ1) is 12.9. The van der Waals surface area contributed by atoms with Crippen LogP contribution in [0, 0.1) is 0 Å². The van der Waals surface area contributed by atoms with E-state index in [1.807, 2.05) is 30.3 Å². The van der Waals surface area contributed by atoms with Crippen LogP contribution in [-0.2, 0) is 6.54 Å². The summed E-state index contributed by atoms with van der Waals surface area (Å²) >= 11 is 0. The fourth-order valence-electron chi connectivity index (χ4n) is 1.95. The molecule has 0 bridgehead atoms. The fourth-order valence-corrected chi connectivity index (χ4v) is 1.95.